The second-order valence-corrected chi connectivity index (χ2v) is 3.58. The number of aromatic amines is 2. The maximum Gasteiger partial charge on any atom is 0.258 e. The van der Waals surface area contributed by atoms with Crippen molar-refractivity contribution in [2.45, 2.75) is 0 Å². The molecule has 6 heteroatoms. The lowest BCUT2D eigenvalue weighted by atomic mass is 10.2. The summed E-state index contributed by atoms with van der Waals surface area (Å²) in [7, 11) is 0. The van der Waals surface area contributed by atoms with E-state index in [1.54, 1.807) is 18.6 Å². The fraction of sp³-hybridized carbons (Fsp3) is 0. The summed E-state index contributed by atoms with van der Waals surface area (Å²) in [5.41, 5.74) is 2.96. The number of benzene rings is 1. The number of hydrogen-bond acceptors (Lipinski definition) is 3. The summed E-state index contributed by atoms with van der Waals surface area (Å²) >= 11 is 0. The molecule has 0 radical (unpaired) electrons. The number of amides is 1. The Morgan fingerprint density at radius 2 is 2.29 bits per heavy atom. The Kier molecular flexibility index (Phi) is 2.11. The van der Waals surface area contributed by atoms with Gasteiger partial charge in [-0.2, -0.15) is 5.10 Å². The molecule has 0 atom stereocenters. The minimum absolute atomic E-state index is 0.197. The van der Waals surface area contributed by atoms with Crippen molar-refractivity contribution < 1.29 is 4.79 Å². The molecule has 3 N–H and O–H groups in total. The minimum Gasteiger partial charge on any atom is -0.345 e. The van der Waals surface area contributed by atoms with Gasteiger partial charge in [0.1, 0.15) is 0 Å². The first-order chi connectivity index (χ1) is 8.33. The highest BCUT2D eigenvalue weighted by molar-refractivity contribution is 6.04. The van der Waals surface area contributed by atoms with Crippen LogP contribution >= 0.6 is 0 Å². The molecule has 0 aliphatic heterocycles. The average molecular weight is 227 g/mol. The van der Waals surface area contributed by atoms with Gasteiger partial charge < -0.3 is 10.3 Å². The number of H-pyrrole nitrogens is 2. The van der Waals surface area contributed by atoms with Crippen LogP contribution < -0.4 is 5.32 Å². The number of fused-ring (bicyclic) bond motifs is 1. The van der Waals surface area contributed by atoms with Crippen molar-refractivity contribution in [3.05, 3.63) is 42.5 Å². The molecule has 1 amide bonds. The summed E-state index contributed by atoms with van der Waals surface area (Å²) in [4.78, 5) is 18.8. The first kappa shape index (κ1) is 9.59. The molecule has 0 unspecified atom stereocenters. The largest absolute Gasteiger partial charge is 0.345 e. The van der Waals surface area contributed by atoms with E-state index in [0.29, 0.717) is 11.3 Å². The molecule has 84 valence electrons. The molecule has 2 aromatic heterocycles. The van der Waals surface area contributed by atoms with Gasteiger partial charge in [0.15, 0.2) is 0 Å². The topological polar surface area (TPSA) is 86.5 Å². The summed E-state index contributed by atoms with van der Waals surface area (Å²) in [5, 5.41) is 9.10. The van der Waals surface area contributed by atoms with Crippen LogP contribution in [0.2, 0.25) is 0 Å². The van der Waals surface area contributed by atoms with E-state index in [1.165, 1.54) is 6.20 Å². The third kappa shape index (κ3) is 1.76. The molecule has 0 aliphatic rings. The Bertz CT molecular complexity index is 655. The minimum atomic E-state index is -0.197. The van der Waals surface area contributed by atoms with E-state index >= 15 is 0 Å². The van der Waals surface area contributed by atoms with Gasteiger partial charge in [-0.05, 0) is 18.2 Å². The molecule has 0 bridgehead atoms. The highest BCUT2D eigenvalue weighted by Crippen LogP contribution is 2.16. The number of anilines is 1. The third-order valence-corrected chi connectivity index (χ3v) is 2.44. The first-order valence-corrected chi connectivity index (χ1v) is 5.06. The van der Waals surface area contributed by atoms with Gasteiger partial charge >= 0.3 is 0 Å². The van der Waals surface area contributed by atoms with Crippen LogP contribution in [0.3, 0.4) is 0 Å². The Morgan fingerprint density at radius 3 is 3.12 bits per heavy atom. The van der Waals surface area contributed by atoms with Crippen LogP contribution in [0, 0.1) is 0 Å². The molecule has 3 aromatic rings. The van der Waals surface area contributed by atoms with Crippen LogP contribution in [-0.4, -0.2) is 26.1 Å². The molecule has 0 fully saturated rings. The van der Waals surface area contributed by atoms with E-state index in [4.69, 9.17) is 0 Å². The molecule has 17 heavy (non-hydrogen) atoms. The molecule has 0 spiro atoms. The lowest BCUT2D eigenvalue weighted by Crippen LogP contribution is -2.10. The van der Waals surface area contributed by atoms with Crippen molar-refractivity contribution in [1.82, 2.24) is 20.2 Å². The number of imidazole rings is 1. The van der Waals surface area contributed by atoms with Crippen LogP contribution in [0.25, 0.3) is 11.0 Å². The van der Waals surface area contributed by atoms with E-state index < -0.39 is 0 Å². The predicted molar refractivity (Wildman–Crippen MR) is 62.6 cm³/mol. The maximum absolute atomic E-state index is 11.8. The monoisotopic (exact) mass is 227 g/mol. The average Bonchev–Trinajstić information content (AvgIpc) is 2.99. The van der Waals surface area contributed by atoms with Gasteiger partial charge in [0, 0.05) is 11.9 Å². The van der Waals surface area contributed by atoms with Crippen LogP contribution in [-0.2, 0) is 0 Å². The number of nitrogens with one attached hydrogen (secondary N) is 3. The molecule has 0 saturated carbocycles. The van der Waals surface area contributed by atoms with Gasteiger partial charge in [0.25, 0.3) is 5.91 Å². The fourth-order valence-corrected chi connectivity index (χ4v) is 1.59. The van der Waals surface area contributed by atoms with Gasteiger partial charge in [-0.15, -0.1) is 0 Å². The van der Waals surface area contributed by atoms with Crippen molar-refractivity contribution in [2.75, 3.05) is 5.32 Å². The van der Waals surface area contributed by atoms with Gasteiger partial charge in [-0.25, -0.2) is 4.98 Å². The molecule has 1 aromatic carbocycles. The summed E-state index contributed by atoms with van der Waals surface area (Å²) in [6, 6.07) is 5.48. The lowest BCUT2D eigenvalue weighted by Gasteiger charge is -2.02. The maximum atomic E-state index is 11.8. The van der Waals surface area contributed by atoms with Crippen LogP contribution in [0.1, 0.15) is 10.4 Å². The van der Waals surface area contributed by atoms with E-state index in [2.05, 4.69) is 25.5 Å². The lowest BCUT2D eigenvalue weighted by molar-refractivity contribution is 0.102. The zero-order valence-corrected chi connectivity index (χ0v) is 8.77. The number of nitrogens with zero attached hydrogens (tertiary/aromatic N) is 2. The third-order valence-electron chi connectivity index (χ3n) is 2.44. The van der Waals surface area contributed by atoms with Crippen molar-refractivity contribution in [1.29, 1.82) is 0 Å². The van der Waals surface area contributed by atoms with E-state index in [9.17, 15) is 4.79 Å². The van der Waals surface area contributed by atoms with Gasteiger partial charge in [0.05, 0.1) is 29.1 Å². The highest BCUT2D eigenvalue weighted by atomic mass is 16.1. The Labute approximate surface area is 96.1 Å². The molecular formula is C11H9N5O. The molecular weight excluding hydrogens is 218 g/mol. The molecule has 2 heterocycles. The van der Waals surface area contributed by atoms with Gasteiger partial charge in [-0.1, -0.05) is 0 Å². The van der Waals surface area contributed by atoms with E-state index in [1.807, 2.05) is 12.1 Å². The van der Waals surface area contributed by atoms with Gasteiger partial charge in [0.2, 0.25) is 0 Å². The van der Waals surface area contributed by atoms with E-state index in [0.717, 1.165) is 11.0 Å². The number of carbonyl (C=O) groups is 1. The van der Waals surface area contributed by atoms with Crippen LogP contribution in [0.4, 0.5) is 5.69 Å². The zero-order valence-electron chi connectivity index (χ0n) is 8.77. The van der Waals surface area contributed by atoms with Crippen molar-refractivity contribution in [3.8, 4) is 0 Å². The second kappa shape index (κ2) is 3.75. The standard InChI is InChI=1S/C11H9N5O/c17-11(7-4-14-15-5-7)16-8-1-2-9-10(3-8)13-6-12-9/h1-6H,(H,12,13)(H,14,15)(H,16,17). The van der Waals surface area contributed by atoms with Crippen molar-refractivity contribution >= 4 is 22.6 Å². The van der Waals surface area contributed by atoms with Crippen molar-refractivity contribution in [2.24, 2.45) is 0 Å². The number of hydrogen-bond donors (Lipinski definition) is 3. The predicted octanol–water partition coefficient (Wildman–Crippen LogP) is 1.54. The van der Waals surface area contributed by atoms with E-state index in [-0.39, 0.29) is 5.91 Å². The number of carbonyl (C=O) groups excluding carboxylic acids is 1. The number of aromatic nitrogens is 4. The fourth-order valence-electron chi connectivity index (χ4n) is 1.59. The Balaban J connectivity index is 1.87. The Hall–Kier alpha value is -2.63. The summed E-state index contributed by atoms with van der Waals surface area (Å²) in [5.74, 6) is -0.197. The van der Waals surface area contributed by atoms with Gasteiger partial charge in [-0.3, -0.25) is 9.89 Å². The zero-order chi connectivity index (χ0) is 11.7. The highest BCUT2D eigenvalue weighted by Gasteiger charge is 2.07. The smallest absolute Gasteiger partial charge is 0.258 e. The normalized spacial score (nSPS) is 10.6. The molecule has 6 nitrogen and oxygen atoms in total. The quantitative estimate of drug-likeness (QED) is 0.620. The van der Waals surface area contributed by atoms with Crippen molar-refractivity contribution in [3.63, 3.8) is 0 Å². The molecule has 0 saturated heterocycles. The SMILES string of the molecule is O=C(Nc1ccc2nc[nH]c2c1)c1cn[nH]c1. The summed E-state index contributed by atoms with van der Waals surface area (Å²) in [6.45, 7) is 0. The second-order valence-electron chi connectivity index (χ2n) is 3.58. The first-order valence-electron chi connectivity index (χ1n) is 5.06. The summed E-state index contributed by atoms with van der Waals surface area (Å²) < 4.78 is 0. The van der Waals surface area contributed by atoms with Crippen LogP contribution in [0.15, 0.2) is 36.9 Å². The molecule has 0 aliphatic carbocycles. The number of rotatable bonds is 2. The Morgan fingerprint density at radius 1 is 1.35 bits per heavy atom. The summed E-state index contributed by atoms with van der Waals surface area (Å²) in [6.07, 6.45) is 4.64. The molecule has 3 rings (SSSR count). The van der Waals surface area contributed by atoms with Crippen LogP contribution in [0.5, 0.6) is 0 Å².